The van der Waals surface area contributed by atoms with Gasteiger partial charge in [-0.1, -0.05) is 0 Å². The summed E-state index contributed by atoms with van der Waals surface area (Å²) in [5, 5.41) is 11.6. The summed E-state index contributed by atoms with van der Waals surface area (Å²) in [7, 11) is 0. The molecule has 2 aliphatic heterocycles. The predicted molar refractivity (Wildman–Crippen MR) is 64.7 cm³/mol. The fourth-order valence-electron chi connectivity index (χ4n) is 2.61. The van der Waals surface area contributed by atoms with E-state index in [4.69, 9.17) is 9.84 Å². The Hall–Kier alpha value is -1.51. The van der Waals surface area contributed by atoms with Crippen molar-refractivity contribution in [2.24, 2.45) is 5.41 Å². The van der Waals surface area contributed by atoms with Crippen molar-refractivity contribution in [2.75, 3.05) is 26.3 Å². The lowest BCUT2D eigenvalue weighted by molar-refractivity contribution is -0.226. The average Bonchev–Trinajstić information content (AvgIpc) is 2.94. The Bertz CT molecular complexity index is 448. The molecule has 0 aromatic carbocycles. The maximum atomic E-state index is 13.0. The number of hydrogen-bond acceptors (Lipinski definition) is 3. The summed E-state index contributed by atoms with van der Waals surface area (Å²) in [5.74, 6) is -1.94. The minimum Gasteiger partial charge on any atom is -0.481 e. The molecule has 2 atom stereocenters. The van der Waals surface area contributed by atoms with E-state index in [1.807, 2.05) is 0 Å². The molecule has 0 aliphatic carbocycles. The molecule has 2 N–H and O–H groups in total. The molecule has 2 aliphatic rings. The molecule has 0 aromatic rings. The number of carbonyl (C=O) groups is 2. The first-order chi connectivity index (χ1) is 9.60. The SMILES string of the molecule is CC1(NC(=O)N2CCC(C(=O)O)(C(F)(F)F)C2)CCOC1. The van der Waals surface area contributed by atoms with E-state index in [1.54, 1.807) is 6.92 Å². The molecule has 2 unspecified atom stereocenters. The second kappa shape index (κ2) is 5.04. The number of aliphatic carboxylic acids is 1. The van der Waals surface area contributed by atoms with Gasteiger partial charge >= 0.3 is 18.2 Å². The molecule has 2 fully saturated rings. The monoisotopic (exact) mass is 310 g/mol. The van der Waals surface area contributed by atoms with Crippen LogP contribution in [0.25, 0.3) is 0 Å². The Kier molecular flexibility index (Phi) is 3.81. The molecule has 0 aromatic heterocycles. The van der Waals surface area contributed by atoms with Crippen molar-refractivity contribution in [3.8, 4) is 0 Å². The first-order valence-corrected chi connectivity index (χ1v) is 6.55. The molecule has 6 nitrogen and oxygen atoms in total. The van der Waals surface area contributed by atoms with Crippen molar-refractivity contribution < 1.29 is 32.6 Å². The Morgan fingerprint density at radius 1 is 1.33 bits per heavy atom. The van der Waals surface area contributed by atoms with Gasteiger partial charge in [-0.2, -0.15) is 13.2 Å². The summed E-state index contributed by atoms with van der Waals surface area (Å²) < 4.78 is 44.2. The van der Waals surface area contributed by atoms with Crippen molar-refractivity contribution in [1.29, 1.82) is 0 Å². The molecule has 0 bridgehead atoms. The maximum absolute atomic E-state index is 13.0. The molecule has 120 valence electrons. The number of carbonyl (C=O) groups excluding carboxylic acids is 1. The van der Waals surface area contributed by atoms with Gasteiger partial charge in [0, 0.05) is 19.7 Å². The predicted octanol–water partition coefficient (Wildman–Crippen LogP) is 1.21. The highest BCUT2D eigenvalue weighted by atomic mass is 19.4. The van der Waals surface area contributed by atoms with Gasteiger partial charge in [0.05, 0.1) is 12.1 Å². The topological polar surface area (TPSA) is 78.9 Å². The van der Waals surface area contributed by atoms with Crippen LogP contribution in [0.3, 0.4) is 0 Å². The van der Waals surface area contributed by atoms with Gasteiger partial charge in [0.2, 0.25) is 0 Å². The van der Waals surface area contributed by atoms with E-state index in [-0.39, 0.29) is 13.2 Å². The van der Waals surface area contributed by atoms with Gasteiger partial charge in [-0.05, 0) is 19.8 Å². The number of halogens is 3. The van der Waals surface area contributed by atoms with Crippen LogP contribution in [0.15, 0.2) is 0 Å². The van der Waals surface area contributed by atoms with Crippen molar-refractivity contribution in [1.82, 2.24) is 10.2 Å². The van der Waals surface area contributed by atoms with E-state index in [0.29, 0.717) is 13.0 Å². The van der Waals surface area contributed by atoms with Gasteiger partial charge in [0.1, 0.15) is 0 Å². The molecule has 2 amide bonds. The number of amides is 2. The van der Waals surface area contributed by atoms with Crippen LogP contribution in [0.5, 0.6) is 0 Å². The Morgan fingerprint density at radius 2 is 2.00 bits per heavy atom. The Labute approximate surface area is 119 Å². The number of hydrogen-bond donors (Lipinski definition) is 2. The molecule has 0 spiro atoms. The number of nitrogens with one attached hydrogen (secondary N) is 1. The van der Waals surface area contributed by atoms with E-state index in [9.17, 15) is 22.8 Å². The van der Waals surface area contributed by atoms with Gasteiger partial charge in [-0.3, -0.25) is 4.79 Å². The van der Waals surface area contributed by atoms with E-state index < -0.39 is 42.1 Å². The number of carboxylic acid groups (broad SMARTS) is 1. The lowest BCUT2D eigenvalue weighted by Gasteiger charge is -2.29. The van der Waals surface area contributed by atoms with Gasteiger partial charge < -0.3 is 20.1 Å². The minimum atomic E-state index is -4.89. The Balaban J connectivity index is 2.07. The summed E-state index contributed by atoms with van der Waals surface area (Å²) >= 11 is 0. The summed E-state index contributed by atoms with van der Waals surface area (Å²) in [5.41, 5.74) is -3.50. The normalized spacial score (nSPS) is 33.2. The fraction of sp³-hybridized carbons (Fsp3) is 0.833. The van der Waals surface area contributed by atoms with Crippen LogP contribution in [-0.2, 0) is 9.53 Å². The number of urea groups is 1. The van der Waals surface area contributed by atoms with E-state index >= 15 is 0 Å². The van der Waals surface area contributed by atoms with Gasteiger partial charge in [0.25, 0.3) is 0 Å². The Morgan fingerprint density at radius 3 is 2.43 bits per heavy atom. The summed E-state index contributed by atoms with van der Waals surface area (Å²) in [6.45, 7) is 1.39. The van der Waals surface area contributed by atoms with Crippen LogP contribution < -0.4 is 5.32 Å². The summed E-state index contributed by atoms with van der Waals surface area (Å²) in [6.07, 6.45) is -4.96. The quantitative estimate of drug-likeness (QED) is 0.803. The second-order valence-electron chi connectivity index (χ2n) is 5.85. The highest BCUT2D eigenvalue weighted by molar-refractivity contribution is 5.80. The molecule has 2 rings (SSSR count). The molecular weight excluding hydrogens is 293 g/mol. The molecular formula is C12H17F3N2O4. The fourth-order valence-corrected chi connectivity index (χ4v) is 2.61. The van der Waals surface area contributed by atoms with E-state index in [1.165, 1.54) is 0 Å². The van der Waals surface area contributed by atoms with Crippen LogP contribution in [0.1, 0.15) is 19.8 Å². The second-order valence-corrected chi connectivity index (χ2v) is 5.85. The van der Waals surface area contributed by atoms with Crippen molar-refractivity contribution in [3.05, 3.63) is 0 Å². The van der Waals surface area contributed by atoms with E-state index in [2.05, 4.69) is 5.32 Å². The van der Waals surface area contributed by atoms with Crippen molar-refractivity contribution in [2.45, 2.75) is 31.5 Å². The third-order valence-corrected chi connectivity index (χ3v) is 4.14. The van der Waals surface area contributed by atoms with Gasteiger partial charge in [0.15, 0.2) is 5.41 Å². The lowest BCUT2D eigenvalue weighted by Crippen LogP contribution is -2.53. The van der Waals surface area contributed by atoms with Gasteiger partial charge in [-0.25, -0.2) is 4.79 Å². The molecule has 0 radical (unpaired) electrons. The zero-order valence-corrected chi connectivity index (χ0v) is 11.5. The molecule has 21 heavy (non-hydrogen) atoms. The highest BCUT2D eigenvalue weighted by Gasteiger charge is 2.64. The largest absolute Gasteiger partial charge is 0.481 e. The third-order valence-electron chi connectivity index (χ3n) is 4.14. The summed E-state index contributed by atoms with van der Waals surface area (Å²) in [4.78, 5) is 24.0. The lowest BCUT2D eigenvalue weighted by atomic mass is 9.86. The molecule has 2 saturated heterocycles. The van der Waals surface area contributed by atoms with Gasteiger partial charge in [-0.15, -0.1) is 0 Å². The van der Waals surface area contributed by atoms with Crippen LogP contribution >= 0.6 is 0 Å². The van der Waals surface area contributed by atoms with Crippen LogP contribution in [0.4, 0.5) is 18.0 Å². The first-order valence-electron chi connectivity index (χ1n) is 6.55. The zero-order chi connectivity index (χ0) is 15.9. The minimum absolute atomic E-state index is 0.241. The number of likely N-dealkylation sites (tertiary alicyclic amines) is 1. The standard InChI is InChI=1S/C12H17F3N2O4/c1-10(3-5-21-7-10)16-9(20)17-4-2-11(6-17,8(18)19)12(13,14)15/h2-7H2,1H3,(H,16,20)(H,18,19). The van der Waals surface area contributed by atoms with Crippen molar-refractivity contribution >= 4 is 12.0 Å². The molecule has 0 saturated carbocycles. The van der Waals surface area contributed by atoms with Crippen LogP contribution in [0.2, 0.25) is 0 Å². The molecule has 2 heterocycles. The summed E-state index contributed by atoms with van der Waals surface area (Å²) in [6, 6.07) is -0.685. The zero-order valence-electron chi connectivity index (χ0n) is 11.5. The van der Waals surface area contributed by atoms with Crippen LogP contribution in [0, 0.1) is 5.41 Å². The van der Waals surface area contributed by atoms with Crippen LogP contribution in [-0.4, -0.2) is 60.0 Å². The van der Waals surface area contributed by atoms with E-state index in [0.717, 1.165) is 4.90 Å². The first kappa shape index (κ1) is 15.9. The highest BCUT2D eigenvalue weighted by Crippen LogP contribution is 2.45. The number of alkyl halides is 3. The number of ether oxygens (including phenoxy) is 1. The molecule has 9 heteroatoms. The number of rotatable bonds is 2. The third kappa shape index (κ3) is 2.78. The van der Waals surface area contributed by atoms with Crippen molar-refractivity contribution in [3.63, 3.8) is 0 Å². The number of nitrogens with zero attached hydrogens (tertiary/aromatic N) is 1. The number of carboxylic acids is 1. The smallest absolute Gasteiger partial charge is 0.406 e. The average molecular weight is 310 g/mol. The maximum Gasteiger partial charge on any atom is 0.406 e.